The lowest BCUT2D eigenvalue weighted by Crippen LogP contribution is -2.55. The van der Waals surface area contributed by atoms with Gasteiger partial charge in [0, 0.05) is 23.6 Å². The summed E-state index contributed by atoms with van der Waals surface area (Å²) in [6, 6.07) is -1.60. The molecule has 0 spiro atoms. The predicted molar refractivity (Wildman–Crippen MR) is 65.1 cm³/mol. The largest absolute Gasteiger partial charge is 0.480 e. The molecule has 6 nitrogen and oxygen atoms in total. The van der Waals surface area contributed by atoms with Crippen molar-refractivity contribution in [3.05, 3.63) is 0 Å². The Bertz CT molecular complexity index is 300. The Hall–Kier alpha value is -0.950. The fourth-order valence-corrected chi connectivity index (χ4v) is 2.74. The van der Waals surface area contributed by atoms with E-state index in [-0.39, 0.29) is 6.04 Å². The van der Waals surface area contributed by atoms with Crippen molar-refractivity contribution >= 4 is 23.8 Å². The van der Waals surface area contributed by atoms with Gasteiger partial charge in [-0.3, -0.25) is 0 Å². The minimum Gasteiger partial charge on any atom is -0.480 e. The predicted octanol–water partition coefficient (Wildman–Crippen LogP) is -0.0327. The van der Waals surface area contributed by atoms with Crippen LogP contribution in [0.2, 0.25) is 0 Å². The number of aliphatic hydroxyl groups is 1. The van der Waals surface area contributed by atoms with E-state index in [0.29, 0.717) is 11.8 Å². The number of rotatable bonds is 3. The van der Waals surface area contributed by atoms with Crippen LogP contribution >= 0.6 is 11.8 Å². The highest BCUT2D eigenvalue weighted by Crippen LogP contribution is 2.24. The average molecular weight is 262 g/mol. The zero-order valence-electron chi connectivity index (χ0n) is 9.92. The molecule has 1 heterocycles. The molecule has 0 aliphatic carbocycles. The van der Waals surface area contributed by atoms with Crippen LogP contribution in [0.1, 0.15) is 13.8 Å². The van der Waals surface area contributed by atoms with E-state index in [9.17, 15) is 9.59 Å². The third kappa shape index (κ3) is 3.50. The van der Waals surface area contributed by atoms with E-state index in [1.807, 2.05) is 13.8 Å². The van der Waals surface area contributed by atoms with Crippen LogP contribution in [0.25, 0.3) is 0 Å². The van der Waals surface area contributed by atoms with Gasteiger partial charge in [-0.1, -0.05) is 6.92 Å². The molecular weight excluding hydrogens is 244 g/mol. The second-order valence-corrected chi connectivity index (χ2v) is 5.52. The number of hydrogen-bond donors (Lipinski definition) is 3. The van der Waals surface area contributed by atoms with Crippen LogP contribution in [-0.4, -0.2) is 63.4 Å². The molecule has 0 saturated carbocycles. The third-order valence-electron chi connectivity index (χ3n) is 2.92. The molecule has 3 unspecified atom stereocenters. The molecule has 1 rings (SSSR count). The number of nitrogens with zero attached hydrogens (tertiary/aromatic N) is 1. The van der Waals surface area contributed by atoms with Gasteiger partial charge in [-0.2, -0.15) is 11.8 Å². The van der Waals surface area contributed by atoms with Gasteiger partial charge in [-0.15, -0.1) is 0 Å². The van der Waals surface area contributed by atoms with E-state index in [1.54, 1.807) is 16.7 Å². The second kappa shape index (κ2) is 6.11. The van der Waals surface area contributed by atoms with Crippen LogP contribution in [0, 0.1) is 0 Å². The highest BCUT2D eigenvalue weighted by Gasteiger charge is 2.30. The summed E-state index contributed by atoms with van der Waals surface area (Å²) in [6.45, 7) is 3.97. The Morgan fingerprint density at radius 3 is 2.71 bits per heavy atom. The van der Waals surface area contributed by atoms with Gasteiger partial charge >= 0.3 is 12.0 Å². The van der Waals surface area contributed by atoms with Gasteiger partial charge in [-0.05, 0) is 6.92 Å². The van der Waals surface area contributed by atoms with Crippen LogP contribution in [0.15, 0.2) is 0 Å². The lowest BCUT2D eigenvalue weighted by molar-refractivity contribution is -0.140. The minimum atomic E-state index is -1.24. The van der Waals surface area contributed by atoms with E-state index in [4.69, 9.17) is 10.2 Å². The minimum absolute atomic E-state index is 0.0573. The molecule has 0 aromatic carbocycles. The lowest BCUT2D eigenvalue weighted by atomic mass is 10.2. The van der Waals surface area contributed by atoms with E-state index >= 15 is 0 Å². The van der Waals surface area contributed by atoms with E-state index in [1.165, 1.54) is 0 Å². The van der Waals surface area contributed by atoms with Gasteiger partial charge in [0.15, 0.2) is 6.04 Å². The smallest absolute Gasteiger partial charge is 0.328 e. The standard InChI is InChI=1S/C10H18N2O4S/c1-6-7(2)17-4-3-12(6)10(16)11-8(5-13)9(14)15/h6-8,13H,3-5H2,1-2H3,(H,11,16)(H,14,15). The molecule has 17 heavy (non-hydrogen) atoms. The summed E-state index contributed by atoms with van der Waals surface area (Å²) in [5.41, 5.74) is 0. The van der Waals surface area contributed by atoms with Crippen molar-refractivity contribution in [1.29, 1.82) is 0 Å². The zero-order chi connectivity index (χ0) is 13.0. The fraction of sp³-hybridized carbons (Fsp3) is 0.800. The van der Waals surface area contributed by atoms with Crippen LogP contribution in [-0.2, 0) is 4.79 Å². The van der Waals surface area contributed by atoms with Gasteiger partial charge in [0.05, 0.1) is 6.61 Å². The highest BCUT2D eigenvalue weighted by atomic mass is 32.2. The normalized spacial score (nSPS) is 26.4. The van der Waals surface area contributed by atoms with Crippen LogP contribution < -0.4 is 5.32 Å². The Morgan fingerprint density at radius 1 is 1.53 bits per heavy atom. The van der Waals surface area contributed by atoms with Crippen molar-refractivity contribution in [2.24, 2.45) is 0 Å². The summed E-state index contributed by atoms with van der Waals surface area (Å²) in [7, 11) is 0. The van der Waals surface area contributed by atoms with Gasteiger partial charge in [0.1, 0.15) is 0 Å². The zero-order valence-corrected chi connectivity index (χ0v) is 10.7. The van der Waals surface area contributed by atoms with Crippen molar-refractivity contribution in [1.82, 2.24) is 10.2 Å². The van der Waals surface area contributed by atoms with Crippen LogP contribution in [0.5, 0.6) is 0 Å². The van der Waals surface area contributed by atoms with Crippen LogP contribution in [0.4, 0.5) is 4.79 Å². The summed E-state index contributed by atoms with van der Waals surface area (Å²) < 4.78 is 0. The lowest BCUT2D eigenvalue weighted by Gasteiger charge is -2.37. The Morgan fingerprint density at radius 2 is 2.18 bits per heavy atom. The summed E-state index contributed by atoms with van der Waals surface area (Å²) in [4.78, 5) is 24.2. The number of aliphatic hydroxyl groups excluding tert-OH is 1. The highest BCUT2D eigenvalue weighted by molar-refractivity contribution is 8.00. The molecule has 2 amide bonds. The molecule has 0 aromatic rings. The first-order chi connectivity index (χ1) is 7.97. The summed E-state index contributed by atoms with van der Waals surface area (Å²) in [5.74, 6) is -0.386. The second-order valence-electron chi connectivity index (χ2n) is 4.03. The summed E-state index contributed by atoms with van der Waals surface area (Å²) >= 11 is 1.79. The van der Waals surface area contributed by atoms with Crippen molar-refractivity contribution in [3.8, 4) is 0 Å². The van der Waals surface area contributed by atoms with Gasteiger partial charge in [0.2, 0.25) is 0 Å². The van der Waals surface area contributed by atoms with Crippen molar-refractivity contribution in [3.63, 3.8) is 0 Å². The molecule has 3 atom stereocenters. The molecule has 3 N–H and O–H groups in total. The van der Waals surface area contributed by atoms with Crippen molar-refractivity contribution < 1.29 is 19.8 Å². The first-order valence-corrected chi connectivity index (χ1v) is 6.54. The van der Waals surface area contributed by atoms with E-state index in [0.717, 1.165) is 5.75 Å². The number of hydrogen-bond acceptors (Lipinski definition) is 4. The maximum Gasteiger partial charge on any atom is 0.328 e. The van der Waals surface area contributed by atoms with Crippen molar-refractivity contribution in [2.45, 2.75) is 31.2 Å². The van der Waals surface area contributed by atoms with Gasteiger partial charge in [0.25, 0.3) is 0 Å². The SMILES string of the molecule is CC1SCCN(C(=O)NC(CO)C(=O)O)C1C. The third-order valence-corrected chi connectivity index (χ3v) is 4.26. The van der Waals surface area contributed by atoms with E-state index in [2.05, 4.69) is 5.32 Å². The molecule has 1 fully saturated rings. The number of carbonyl (C=O) groups is 2. The molecule has 0 aromatic heterocycles. The number of carboxylic acid groups (broad SMARTS) is 1. The number of aliphatic carboxylic acids is 1. The molecule has 98 valence electrons. The Kier molecular flexibility index (Phi) is 5.07. The average Bonchev–Trinajstić information content (AvgIpc) is 2.28. The van der Waals surface area contributed by atoms with Gasteiger partial charge < -0.3 is 20.4 Å². The molecule has 0 radical (unpaired) electrons. The number of carbonyl (C=O) groups excluding carboxylic acids is 1. The quantitative estimate of drug-likeness (QED) is 0.664. The fourth-order valence-electron chi connectivity index (χ4n) is 1.64. The summed E-state index contributed by atoms with van der Waals surface area (Å²) in [6.07, 6.45) is 0. The monoisotopic (exact) mass is 262 g/mol. The Labute approximate surface area is 104 Å². The number of thioether (sulfide) groups is 1. The molecule has 7 heteroatoms. The first-order valence-electron chi connectivity index (χ1n) is 5.49. The maximum absolute atomic E-state index is 11.9. The molecular formula is C10H18N2O4S. The molecule has 1 aliphatic heterocycles. The van der Waals surface area contributed by atoms with Crippen molar-refractivity contribution in [2.75, 3.05) is 18.9 Å². The van der Waals surface area contributed by atoms with Crippen LogP contribution in [0.3, 0.4) is 0 Å². The molecule has 1 saturated heterocycles. The van der Waals surface area contributed by atoms with E-state index < -0.39 is 24.6 Å². The first kappa shape index (κ1) is 14.1. The Balaban J connectivity index is 2.60. The number of nitrogens with one attached hydrogen (secondary N) is 1. The topological polar surface area (TPSA) is 89.9 Å². The number of amides is 2. The van der Waals surface area contributed by atoms with Gasteiger partial charge in [-0.25, -0.2) is 9.59 Å². The summed E-state index contributed by atoms with van der Waals surface area (Å²) in [5, 5.41) is 20.2. The molecule has 0 bridgehead atoms. The number of urea groups is 1. The molecule has 1 aliphatic rings. The maximum atomic E-state index is 11.9. The number of carboxylic acids is 1.